The van der Waals surface area contributed by atoms with Gasteiger partial charge in [0.05, 0.1) is 17.2 Å². The summed E-state index contributed by atoms with van der Waals surface area (Å²) in [6.07, 6.45) is 0.181. The largest absolute Gasteiger partial charge is 0.480 e. The van der Waals surface area contributed by atoms with Crippen LogP contribution in [0.5, 0.6) is 0 Å². The Balaban J connectivity index is 2.02. The Morgan fingerprint density at radius 1 is 1.27 bits per heavy atom. The lowest BCUT2D eigenvalue weighted by Gasteiger charge is -2.32. The van der Waals surface area contributed by atoms with Crippen molar-refractivity contribution in [3.8, 4) is 0 Å². The summed E-state index contributed by atoms with van der Waals surface area (Å²) in [5, 5.41) is 22.3. The Labute approximate surface area is 152 Å². The molecule has 0 unspecified atom stereocenters. The van der Waals surface area contributed by atoms with Gasteiger partial charge in [0.25, 0.3) is 0 Å². The molecule has 144 valence electrons. The van der Waals surface area contributed by atoms with E-state index in [2.05, 4.69) is 10.0 Å². The second-order valence-corrected chi connectivity index (χ2v) is 7.77. The monoisotopic (exact) mass is 368 g/mol. The summed E-state index contributed by atoms with van der Waals surface area (Å²) < 4.78 is 11.8. The second kappa shape index (κ2) is 7.34. The van der Waals surface area contributed by atoms with Crippen molar-refractivity contribution < 1.29 is 29.1 Å². The number of nitrogens with zero attached hydrogens (tertiary/aromatic N) is 4. The molecule has 2 saturated heterocycles. The van der Waals surface area contributed by atoms with E-state index in [0.717, 1.165) is 4.90 Å². The molecule has 0 radical (unpaired) electrons. The standard InChI is InChI=1S/C15H25BN4O6/c1-14(2)15(3,4)26-16(25-14)7-5-6-9-10(18-19-17)8-20(13(23)24)11(9)12(21)22/h9-11H,5-8H2,1-4H3,(H,21,22)(H,23,24)/t9-,10+,11+/m1/s1. The van der Waals surface area contributed by atoms with Gasteiger partial charge in [-0.05, 0) is 46.0 Å². The average molecular weight is 368 g/mol. The van der Waals surface area contributed by atoms with Crippen molar-refractivity contribution in [3.63, 3.8) is 0 Å². The van der Waals surface area contributed by atoms with Crippen LogP contribution in [0.1, 0.15) is 40.5 Å². The van der Waals surface area contributed by atoms with Gasteiger partial charge in [-0.15, -0.1) is 0 Å². The summed E-state index contributed by atoms with van der Waals surface area (Å²) in [6.45, 7) is 7.69. The molecule has 0 aromatic rings. The van der Waals surface area contributed by atoms with Crippen LogP contribution in [0.2, 0.25) is 6.32 Å². The molecule has 3 atom stereocenters. The maximum absolute atomic E-state index is 11.6. The maximum atomic E-state index is 11.6. The third-order valence-electron chi connectivity index (χ3n) is 5.60. The molecule has 0 aliphatic carbocycles. The van der Waals surface area contributed by atoms with Crippen molar-refractivity contribution in [2.24, 2.45) is 11.0 Å². The smallest absolute Gasteiger partial charge is 0.457 e. The van der Waals surface area contributed by atoms with Crippen molar-refractivity contribution in [2.45, 2.75) is 70.1 Å². The number of carboxylic acids is 1. The molecule has 2 aliphatic rings. The average Bonchev–Trinajstić information content (AvgIpc) is 2.95. The molecule has 0 aromatic carbocycles. The molecule has 2 fully saturated rings. The fraction of sp³-hybridized carbons (Fsp3) is 0.867. The molecule has 10 nitrogen and oxygen atoms in total. The summed E-state index contributed by atoms with van der Waals surface area (Å²) in [5.41, 5.74) is 7.83. The van der Waals surface area contributed by atoms with Gasteiger partial charge in [-0.2, -0.15) is 0 Å². The van der Waals surface area contributed by atoms with E-state index in [-0.39, 0.29) is 6.54 Å². The van der Waals surface area contributed by atoms with E-state index in [4.69, 9.17) is 14.8 Å². The SMILES string of the molecule is CC1(C)OB(CCC[C@@H]2[C@@H](N=[N+]=[N-])CN(C(=O)O)[C@@H]2C(=O)O)OC1(C)C. The van der Waals surface area contributed by atoms with Crippen molar-refractivity contribution in [3.05, 3.63) is 10.4 Å². The molecule has 2 aliphatic heterocycles. The van der Waals surface area contributed by atoms with E-state index >= 15 is 0 Å². The van der Waals surface area contributed by atoms with Crippen LogP contribution in [0.15, 0.2) is 5.11 Å². The zero-order chi connectivity index (χ0) is 19.7. The first-order valence-corrected chi connectivity index (χ1v) is 8.62. The highest BCUT2D eigenvalue weighted by Gasteiger charge is 2.51. The minimum absolute atomic E-state index is 0.114. The summed E-state index contributed by atoms with van der Waals surface area (Å²) >= 11 is 0. The number of hydrogen-bond donors (Lipinski definition) is 2. The third-order valence-corrected chi connectivity index (χ3v) is 5.60. The van der Waals surface area contributed by atoms with Gasteiger partial charge in [-0.25, -0.2) is 9.59 Å². The number of carboxylic acid groups (broad SMARTS) is 2. The highest BCUT2D eigenvalue weighted by atomic mass is 16.7. The number of azide groups is 1. The van der Waals surface area contributed by atoms with Crippen LogP contribution < -0.4 is 0 Å². The third kappa shape index (κ3) is 3.89. The van der Waals surface area contributed by atoms with Gasteiger partial charge in [-0.3, -0.25) is 4.90 Å². The zero-order valence-corrected chi connectivity index (χ0v) is 15.5. The number of aliphatic carboxylic acids is 1. The Morgan fingerprint density at radius 3 is 2.31 bits per heavy atom. The zero-order valence-electron chi connectivity index (χ0n) is 15.5. The van der Waals surface area contributed by atoms with Gasteiger partial charge in [0.1, 0.15) is 6.04 Å². The van der Waals surface area contributed by atoms with Gasteiger partial charge in [0.15, 0.2) is 0 Å². The minimum Gasteiger partial charge on any atom is -0.480 e. The predicted octanol–water partition coefficient (Wildman–Crippen LogP) is 2.60. The molecule has 0 saturated carbocycles. The summed E-state index contributed by atoms with van der Waals surface area (Å²) in [6, 6.07) is -1.92. The van der Waals surface area contributed by atoms with Crippen molar-refractivity contribution >= 4 is 19.2 Å². The molecule has 2 N–H and O–H groups in total. The van der Waals surface area contributed by atoms with Crippen LogP contribution in [0.25, 0.3) is 10.4 Å². The first-order valence-electron chi connectivity index (χ1n) is 8.62. The Morgan fingerprint density at radius 2 is 1.85 bits per heavy atom. The number of carbonyl (C=O) groups is 2. The van der Waals surface area contributed by atoms with E-state index in [1.165, 1.54) is 0 Å². The lowest BCUT2D eigenvalue weighted by Crippen LogP contribution is -2.42. The van der Waals surface area contributed by atoms with Crippen molar-refractivity contribution in [2.75, 3.05) is 6.54 Å². The van der Waals surface area contributed by atoms with Gasteiger partial charge in [-0.1, -0.05) is 11.5 Å². The van der Waals surface area contributed by atoms with Gasteiger partial charge in [0.2, 0.25) is 0 Å². The Bertz CT molecular complexity index is 605. The van der Waals surface area contributed by atoms with Crippen LogP contribution in [-0.4, -0.2) is 64.1 Å². The Kier molecular flexibility index (Phi) is 5.74. The van der Waals surface area contributed by atoms with E-state index in [1.807, 2.05) is 27.7 Å². The van der Waals surface area contributed by atoms with Gasteiger partial charge < -0.3 is 19.5 Å². The number of amides is 1. The predicted molar refractivity (Wildman–Crippen MR) is 92.7 cm³/mol. The van der Waals surface area contributed by atoms with Gasteiger partial charge in [0, 0.05) is 17.4 Å². The van der Waals surface area contributed by atoms with Gasteiger partial charge >= 0.3 is 19.2 Å². The van der Waals surface area contributed by atoms with E-state index in [9.17, 15) is 19.8 Å². The van der Waals surface area contributed by atoms with Crippen molar-refractivity contribution in [1.82, 2.24) is 4.90 Å². The molecule has 26 heavy (non-hydrogen) atoms. The number of hydrogen-bond acceptors (Lipinski definition) is 5. The molecule has 2 heterocycles. The number of likely N-dealkylation sites (tertiary alicyclic amines) is 1. The lowest BCUT2D eigenvalue weighted by molar-refractivity contribution is -0.143. The molecule has 1 amide bonds. The van der Waals surface area contributed by atoms with Crippen LogP contribution in [0.3, 0.4) is 0 Å². The quantitative estimate of drug-likeness (QED) is 0.319. The highest BCUT2D eigenvalue weighted by molar-refractivity contribution is 6.45. The fourth-order valence-corrected chi connectivity index (χ4v) is 3.55. The molecular weight excluding hydrogens is 343 g/mol. The lowest BCUT2D eigenvalue weighted by atomic mass is 9.79. The minimum atomic E-state index is -1.33. The van der Waals surface area contributed by atoms with E-state index in [1.54, 1.807) is 0 Å². The molecule has 11 heteroatoms. The number of rotatable bonds is 6. The molecule has 0 bridgehead atoms. The van der Waals surface area contributed by atoms with Crippen LogP contribution in [-0.2, 0) is 14.1 Å². The summed E-state index contributed by atoms with van der Waals surface area (Å²) in [7, 11) is -0.404. The topological polar surface area (TPSA) is 145 Å². The maximum Gasteiger partial charge on any atom is 0.457 e. The van der Waals surface area contributed by atoms with Crippen molar-refractivity contribution in [1.29, 1.82) is 0 Å². The fourth-order valence-electron chi connectivity index (χ4n) is 3.55. The van der Waals surface area contributed by atoms with Crippen LogP contribution in [0, 0.1) is 5.92 Å². The molecule has 2 rings (SSSR count). The van der Waals surface area contributed by atoms with Crippen LogP contribution in [0.4, 0.5) is 4.79 Å². The Hall–Kier alpha value is -1.97. The molecule has 0 spiro atoms. The molecular formula is C15H25BN4O6. The second-order valence-electron chi connectivity index (χ2n) is 7.77. The van der Waals surface area contributed by atoms with Crippen LogP contribution >= 0.6 is 0 Å². The van der Waals surface area contributed by atoms with E-state index < -0.39 is 48.4 Å². The first kappa shape index (κ1) is 20.3. The highest BCUT2D eigenvalue weighted by Crippen LogP contribution is 2.39. The normalized spacial score (nSPS) is 29.5. The first-order chi connectivity index (χ1) is 12.0. The summed E-state index contributed by atoms with van der Waals surface area (Å²) in [4.78, 5) is 26.5. The van der Waals surface area contributed by atoms with E-state index in [0.29, 0.717) is 19.2 Å². The summed E-state index contributed by atoms with van der Waals surface area (Å²) in [5.74, 6) is -1.81. The molecule has 0 aromatic heterocycles.